The third-order valence-corrected chi connectivity index (χ3v) is 6.55. The first-order chi connectivity index (χ1) is 12.8. The van der Waals surface area contributed by atoms with Gasteiger partial charge in [-0.2, -0.15) is 0 Å². The van der Waals surface area contributed by atoms with Gasteiger partial charge in [0.05, 0.1) is 12.5 Å². The summed E-state index contributed by atoms with van der Waals surface area (Å²) in [4.78, 5) is 14.0. The Morgan fingerprint density at radius 3 is 2.59 bits per heavy atom. The van der Waals surface area contributed by atoms with Gasteiger partial charge in [0.15, 0.2) is 0 Å². The molecule has 3 rings (SSSR count). The Balaban J connectivity index is 1.72. The Labute approximate surface area is 161 Å². The number of likely N-dealkylation sites (tertiary alicyclic amines) is 1. The van der Waals surface area contributed by atoms with E-state index in [4.69, 9.17) is 4.74 Å². The summed E-state index contributed by atoms with van der Waals surface area (Å²) in [6.07, 6.45) is 3.88. The smallest absolute Gasteiger partial charge is 0.308 e. The summed E-state index contributed by atoms with van der Waals surface area (Å²) < 4.78 is 19.5. The molecule has 2 fully saturated rings. The lowest BCUT2D eigenvalue weighted by atomic mass is 9.68. The quantitative estimate of drug-likeness (QED) is 0.564. The van der Waals surface area contributed by atoms with Crippen molar-refractivity contribution >= 4 is 5.97 Å². The molecule has 154 valence electrons. The number of hydrogen-bond acceptors (Lipinski definition) is 5. The second-order valence-corrected chi connectivity index (χ2v) is 9.13. The average Bonchev–Trinajstić information content (AvgIpc) is 2.59. The Bertz CT molecular complexity index is 569. The molecular weight excluding hydrogens is 349 g/mol. The van der Waals surface area contributed by atoms with E-state index in [1.165, 1.54) is 19.3 Å². The normalized spacial score (nSPS) is 33.7. The van der Waals surface area contributed by atoms with E-state index in [2.05, 4.69) is 18.7 Å². The number of ether oxygens (including phenoxy) is 1. The summed E-state index contributed by atoms with van der Waals surface area (Å²) >= 11 is 0. The molecule has 2 aliphatic heterocycles. The van der Waals surface area contributed by atoms with Gasteiger partial charge in [0.25, 0.3) is 0 Å². The van der Waals surface area contributed by atoms with Gasteiger partial charge in [0.2, 0.25) is 6.36 Å². The zero-order valence-corrected chi connectivity index (χ0v) is 16.6. The van der Waals surface area contributed by atoms with Crippen LogP contribution in [0.2, 0.25) is 0 Å². The lowest BCUT2D eigenvalue weighted by Crippen LogP contribution is -2.45. The van der Waals surface area contributed by atoms with Gasteiger partial charge in [0.1, 0.15) is 6.10 Å². The maximum Gasteiger partial charge on any atom is 0.308 e. The molecule has 1 aliphatic carbocycles. The van der Waals surface area contributed by atoms with E-state index >= 15 is 0 Å². The van der Waals surface area contributed by atoms with Gasteiger partial charge >= 0.3 is 5.97 Å². The number of aliphatic hydroxyl groups is 2. The maximum atomic E-state index is 14.2. The minimum Gasteiger partial charge on any atom is -0.462 e. The molecule has 0 spiro atoms. The molecule has 0 aromatic rings. The van der Waals surface area contributed by atoms with Gasteiger partial charge in [0, 0.05) is 12.5 Å². The van der Waals surface area contributed by atoms with Gasteiger partial charge in [-0.1, -0.05) is 25.8 Å². The lowest BCUT2D eigenvalue weighted by Gasteiger charge is -2.45. The highest BCUT2D eigenvalue weighted by Gasteiger charge is 2.40. The predicted octanol–water partition coefficient (Wildman–Crippen LogP) is 3.09. The molecule has 2 saturated heterocycles. The molecule has 0 bridgehead atoms. The van der Waals surface area contributed by atoms with Crippen LogP contribution >= 0.6 is 0 Å². The number of allylic oxidation sites excluding steroid dienone is 1. The van der Waals surface area contributed by atoms with Crippen LogP contribution in [0, 0.1) is 5.41 Å². The van der Waals surface area contributed by atoms with Crippen LogP contribution < -0.4 is 0 Å². The van der Waals surface area contributed by atoms with Crippen LogP contribution in [0.3, 0.4) is 0 Å². The second kappa shape index (κ2) is 8.58. The van der Waals surface area contributed by atoms with E-state index in [1.807, 2.05) is 0 Å². The van der Waals surface area contributed by atoms with Crippen LogP contribution in [-0.4, -0.2) is 58.8 Å². The van der Waals surface area contributed by atoms with Gasteiger partial charge in [-0.15, -0.1) is 0 Å². The molecular formula is C21H34FNO4. The average molecular weight is 384 g/mol. The summed E-state index contributed by atoms with van der Waals surface area (Å²) in [5.41, 5.74) is 1.27. The number of halogens is 1. The predicted molar refractivity (Wildman–Crippen MR) is 101 cm³/mol. The van der Waals surface area contributed by atoms with Crippen LogP contribution in [0.4, 0.5) is 4.39 Å². The van der Waals surface area contributed by atoms with Crippen molar-refractivity contribution in [3.8, 4) is 0 Å². The molecule has 2 N–H and O–H groups in total. The third kappa shape index (κ3) is 5.09. The Morgan fingerprint density at radius 1 is 1.26 bits per heavy atom. The highest BCUT2D eigenvalue weighted by Crippen LogP contribution is 2.46. The number of carbonyl (C=O) groups excluding carboxylic acids is 1. The summed E-state index contributed by atoms with van der Waals surface area (Å²) in [6, 6.07) is 0.277. The topological polar surface area (TPSA) is 70.0 Å². The highest BCUT2D eigenvalue weighted by molar-refractivity contribution is 5.70. The molecule has 4 atom stereocenters. The van der Waals surface area contributed by atoms with Crippen LogP contribution in [0.15, 0.2) is 11.1 Å². The summed E-state index contributed by atoms with van der Waals surface area (Å²) in [6.45, 7) is 6.37. The van der Waals surface area contributed by atoms with Crippen molar-refractivity contribution in [1.29, 1.82) is 0 Å². The molecule has 0 amide bonds. The third-order valence-electron chi connectivity index (χ3n) is 6.55. The number of carbonyl (C=O) groups is 1. The molecule has 0 radical (unpaired) electrons. The first kappa shape index (κ1) is 20.7. The Morgan fingerprint density at radius 2 is 1.96 bits per heavy atom. The first-order valence-corrected chi connectivity index (χ1v) is 10.4. The van der Waals surface area contributed by atoms with E-state index < -0.39 is 12.5 Å². The molecule has 4 unspecified atom stereocenters. The first-order valence-electron chi connectivity index (χ1n) is 10.4. The number of nitrogens with zero attached hydrogens (tertiary/aromatic N) is 1. The summed E-state index contributed by atoms with van der Waals surface area (Å²) in [5.74, 6) is -0.369. The molecule has 3 aliphatic rings. The number of aliphatic hydroxyl groups excluding tert-OH is 2. The van der Waals surface area contributed by atoms with Crippen LogP contribution in [-0.2, 0) is 9.53 Å². The van der Waals surface area contributed by atoms with E-state index in [0.717, 1.165) is 25.1 Å². The van der Waals surface area contributed by atoms with E-state index in [0.29, 0.717) is 31.3 Å². The van der Waals surface area contributed by atoms with Crippen LogP contribution in [0.5, 0.6) is 0 Å². The molecule has 0 aromatic carbocycles. The van der Waals surface area contributed by atoms with Crippen molar-refractivity contribution in [2.24, 2.45) is 5.41 Å². The SMILES string of the molecule is CC1(C)CC(N2CCCCC2)CC(C(O)F)=C1CCC1CC(O)CC(=O)O1. The summed E-state index contributed by atoms with van der Waals surface area (Å²) in [7, 11) is 0. The standard InChI is InChI=1S/C21H34FNO4/c1-21(2)13-14(23-8-4-3-5-9-23)10-17(20(22)26)18(21)7-6-16-11-15(24)12-19(25)27-16/h14-16,20,24,26H,3-13H2,1-2H3. The van der Waals surface area contributed by atoms with Gasteiger partial charge in [-0.25, -0.2) is 4.39 Å². The molecule has 0 aromatic heterocycles. The second-order valence-electron chi connectivity index (χ2n) is 9.13. The van der Waals surface area contributed by atoms with Gasteiger partial charge < -0.3 is 19.8 Å². The molecule has 5 nitrogen and oxygen atoms in total. The van der Waals surface area contributed by atoms with Gasteiger partial charge in [-0.05, 0) is 62.6 Å². The van der Waals surface area contributed by atoms with Crippen molar-refractivity contribution in [2.45, 2.75) is 96.2 Å². The summed E-state index contributed by atoms with van der Waals surface area (Å²) in [5, 5.41) is 19.6. The zero-order chi connectivity index (χ0) is 19.6. The monoisotopic (exact) mass is 383 g/mol. The minimum atomic E-state index is -1.94. The molecule has 0 saturated carbocycles. The molecule has 2 heterocycles. The van der Waals surface area contributed by atoms with E-state index in [9.17, 15) is 19.4 Å². The largest absolute Gasteiger partial charge is 0.462 e. The van der Waals surface area contributed by atoms with Crippen molar-refractivity contribution < 1.29 is 24.1 Å². The lowest BCUT2D eigenvalue weighted by molar-refractivity contribution is -0.160. The zero-order valence-electron chi connectivity index (χ0n) is 16.6. The number of rotatable bonds is 5. The fourth-order valence-corrected chi connectivity index (χ4v) is 5.22. The van der Waals surface area contributed by atoms with Crippen molar-refractivity contribution in [1.82, 2.24) is 4.90 Å². The van der Waals surface area contributed by atoms with Crippen LogP contribution in [0.25, 0.3) is 0 Å². The Kier molecular flexibility index (Phi) is 6.59. The fraction of sp³-hybridized carbons (Fsp3) is 0.857. The Hall–Kier alpha value is -0.980. The fourth-order valence-electron chi connectivity index (χ4n) is 5.22. The van der Waals surface area contributed by atoms with Crippen LogP contribution in [0.1, 0.15) is 71.6 Å². The van der Waals surface area contributed by atoms with Crippen molar-refractivity contribution in [3.63, 3.8) is 0 Å². The minimum absolute atomic E-state index is 0.0522. The van der Waals surface area contributed by atoms with Crippen molar-refractivity contribution in [3.05, 3.63) is 11.1 Å². The molecule has 27 heavy (non-hydrogen) atoms. The maximum absolute atomic E-state index is 14.2. The number of alkyl halides is 1. The van der Waals surface area contributed by atoms with Gasteiger partial charge in [-0.3, -0.25) is 4.79 Å². The van der Waals surface area contributed by atoms with Crippen molar-refractivity contribution in [2.75, 3.05) is 13.1 Å². The van der Waals surface area contributed by atoms with E-state index in [1.54, 1.807) is 0 Å². The number of hydrogen-bond donors (Lipinski definition) is 2. The molecule has 6 heteroatoms. The van der Waals surface area contributed by atoms with E-state index in [-0.39, 0.29) is 30.0 Å². The highest BCUT2D eigenvalue weighted by atomic mass is 19.1. The number of cyclic esters (lactones) is 1. The number of esters is 1. The number of piperidine rings is 1.